The first-order valence-corrected chi connectivity index (χ1v) is 5.58. The Hall–Kier alpha value is -1.96. The highest BCUT2D eigenvalue weighted by atomic mass is 16.6. The SMILES string of the molecule is CONC(=O)C(CC(=O)NO)OCc1ccccc1. The van der Waals surface area contributed by atoms with Crippen LogP contribution in [0.25, 0.3) is 0 Å². The van der Waals surface area contributed by atoms with Gasteiger partial charge < -0.3 is 4.74 Å². The van der Waals surface area contributed by atoms with Crippen LogP contribution in [0.5, 0.6) is 0 Å². The standard InChI is InChI=1S/C12H16N2O5/c1-18-14-12(16)10(7-11(15)13-17)19-8-9-5-3-2-4-6-9/h2-6,10,17H,7-8H2,1H3,(H,13,15)(H,14,16). The van der Waals surface area contributed by atoms with Gasteiger partial charge in [0.05, 0.1) is 20.1 Å². The van der Waals surface area contributed by atoms with Gasteiger partial charge in [-0.3, -0.25) is 19.6 Å². The fraction of sp³-hybridized carbons (Fsp3) is 0.333. The number of hydrogen-bond acceptors (Lipinski definition) is 5. The topological polar surface area (TPSA) is 96.9 Å². The van der Waals surface area contributed by atoms with E-state index in [0.717, 1.165) is 5.56 Å². The van der Waals surface area contributed by atoms with Gasteiger partial charge in [0.25, 0.3) is 5.91 Å². The lowest BCUT2D eigenvalue weighted by atomic mass is 10.2. The average Bonchev–Trinajstić information content (AvgIpc) is 2.44. The molecule has 0 bridgehead atoms. The number of hydroxylamine groups is 2. The molecule has 104 valence electrons. The highest BCUT2D eigenvalue weighted by Crippen LogP contribution is 2.06. The molecule has 0 heterocycles. The molecule has 0 aliphatic heterocycles. The van der Waals surface area contributed by atoms with Crippen molar-refractivity contribution in [2.45, 2.75) is 19.1 Å². The molecule has 0 radical (unpaired) electrons. The molecular weight excluding hydrogens is 252 g/mol. The van der Waals surface area contributed by atoms with Crippen LogP contribution < -0.4 is 11.0 Å². The number of hydrogen-bond donors (Lipinski definition) is 3. The number of benzene rings is 1. The third kappa shape index (κ3) is 5.47. The van der Waals surface area contributed by atoms with E-state index < -0.39 is 17.9 Å². The summed E-state index contributed by atoms with van der Waals surface area (Å²) in [5, 5.41) is 8.46. The second-order valence-electron chi connectivity index (χ2n) is 3.69. The van der Waals surface area contributed by atoms with E-state index in [9.17, 15) is 9.59 Å². The average molecular weight is 268 g/mol. The Morgan fingerprint density at radius 1 is 1.32 bits per heavy atom. The van der Waals surface area contributed by atoms with E-state index in [1.165, 1.54) is 12.6 Å². The number of rotatable bonds is 7. The minimum Gasteiger partial charge on any atom is -0.363 e. The molecule has 0 aromatic heterocycles. The zero-order chi connectivity index (χ0) is 14.1. The molecule has 1 rings (SSSR count). The molecule has 0 spiro atoms. The molecule has 19 heavy (non-hydrogen) atoms. The summed E-state index contributed by atoms with van der Waals surface area (Å²) in [7, 11) is 1.28. The molecule has 0 saturated heterocycles. The molecule has 1 aromatic rings. The van der Waals surface area contributed by atoms with Crippen LogP contribution in [-0.4, -0.2) is 30.2 Å². The van der Waals surface area contributed by atoms with Gasteiger partial charge in [-0.1, -0.05) is 30.3 Å². The summed E-state index contributed by atoms with van der Waals surface area (Å²) in [6.07, 6.45) is -1.36. The minimum absolute atomic E-state index is 0.168. The van der Waals surface area contributed by atoms with E-state index >= 15 is 0 Å². The van der Waals surface area contributed by atoms with Crippen LogP contribution >= 0.6 is 0 Å². The van der Waals surface area contributed by atoms with Crippen LogP contribution in [-0.2, 0) is 25.8 Å². The molecule has 7 nitrogen and oxygen atoms in total. The molecule has 0 aliphatic carbocycles. The van der Waals surface area contributed by atoms with Gasteiger partial charge >= 0.3 is 0 Å². The summed E-state index contributed by atoms with van der Waals surface area (Å²) in [5.74, 6) is -1.31. The maximum Gasteiger partial charge on any atom is 0.273 e. The monoisotopic (exact) mass is 268 g/mol. The van der Waals surface area contributed by atoms with Gasteiger partial charge in [0.15, 0.2) is 0 Å². The lowest BCUT2D eigenvalue weighted by Crippen LogP contribution is -2.39. The Labute approximate surface area is 110 Å². The normalized spacial score (nSPS) is 11.7. The van der Waals surface area contributed by atoms with Gasteiger partial charge in [0, 0.05) is 0 Å². The number of ether oxygens (including phenoxy) is 1. The molecule has 1 atom stereocenters. The first-order valence-electron chi connectivity index (χ1n) is 5.58. The molecule has 0 saturated carbocycles. The van der Waals surface area contributed by atoms with E-state index in [1.807, 2.05) is 30.3 Å². The third-order valence-corrected chi connectivity index (χ3v) is 2.28. The second kappa shape index (κ2) is 8.20. The zero-order valence-corrected chi connectivity index (χ0v) is 10.5. The summed E-state index contributed by atoms with van der Waals surface area (Å²) >= 11 is 0. The van der Waals surface area contributed by atoms with Gasteiger partial charge in [-0.25, -0.2) is 11.0 Å². The summed E-state index contributed by atoms with van der Waals surface area (Å²) < 4.78 is 5.35. The summed E-state index contributed by atoms with van der Waals surface area (Å²) in [4.78, 5) is 27.2. The van der Waals surface area contributed by atoms with Crippen molar-refractivity contribution in [3.8, 4) is 0 Å². The molecule has 3 N–H and O–H groups in total. The molecular formula is C12H16N2O5. The van der Waals surface area contributed by atoms with Crippen molar-refractivity contribution >= 4 is 11.8 Å². The first kappa shape index (κ1) is 15.1. The Kier molecular flexibility index (Phi) is 6.51. The predicted octanol–water partition coefficient (Wildman–Crippen LogP) is 0.145. The number of nitrogens with one attached hydrogen (secondary N) is 2. The van der Waals surface area contributed by atoms with Crippen molar-refractivity contribution in [3.05, 3.63) is 35.9 Å². The lowest BCUT2D eigenvalue weighted by Gasteiger charge is -2.15. The molecule has 1 aromatic carbocycles. The second-order valence-corrected chi connectivity index (χ2v) is 3.69. The fourth-order valence-corrected chi connectivity index (χ4v) is 1.38. The van der Waals surface area contributed by atoms with Gasteiger partial charge in [-0.05, 0) is 5.56 Å². The maximum atomic E-state index is 11.6. The highest BCUT2D eigenvalue weighted by Gasteiger charge is 2.22. The molecule has 1 unspecified atom stereocenters. The van der Waals surface area contributed by atoms with Crippen LogP contribution in [0.2, 0.25) is 0 Å². The molecule has 2 amide bonds. The van der Waals surface area contributed by atoms with Crippen molar-refractivity contribution in [1.82, 2.24) is 11.0 Å². The van der Waals surface area contributed by atoms with Gasteiger partial charge in [-0.2, -0.15) is 0 Å². The molecule has 7 heteroatoms. The van der Waals surface area contributed by atoms with Gasteiger partial charge in [0.1, 0.15) is 6.10 Å². The number of amides is 2. The lowest BCUT2D eigenvalue weighted by molar-refractivity contribution is -0.149. The van der Waals surface area contributed by atoms with Gasteiger partial charge in [0.2, 0.25) is 5.91 Å². The van der Waals surface area contributed by atoms with Crippen molar-refractivity contribution in [3.63, 3.8) is 0 Å². The largest absolute Gasteiger partial charge is 0.363 e. The van der Waals surface area contributed by atoms with Crippen molar-refractivity contribution in [2.24, 2.45) is 0 Å². The molecule has 0 aliphatic rings. The van der Waals surface area contributed by atoms with Crippen molar-refractivity contribution < 1.29 is 24.4 Å². The summed E-state index contributed by atoms with van der Waals surface area (Å²) in [5.41, 5.74) is 4.40. The van der Waals surface area contributed by atoms with E-state index in [-0.39, 0.29) is 13.0 Å². The Morgan fingerprint density at radius 3 is 2.58 bits per heavy atom. The van der Waals surface area contributed by atoms with Crippen LogP contribution in [0, 0.1) is 0 Å². The number of carbonyl (C=O) groups is 2. The van der Waals surface area contributed by atoms with Crippen molar-refractivity contribution in [2.75, 3.05) is 7.11 Å². The van der Waals surface area contributed by atoms with E-state index in [4.69, 9.17) is 9.94 Å². The Balaban J connectivity index is 2.58. The smallest absolute Gasteiger partial charge is 0.273 e. The van der Waals surface area contributed by atoms with E-state index in [2.05, 4.69) is 10.3 Å². The summed E-state index contributed by atoms with van der Waals surface area (Å²) in [6.45, 7) is 0.168. The quantitative estimate of drug-likeness (QED) is 0.483. The minimum atomic E-state index is -1.05. The zero-order valence-electron chi connectivity index (χ0n) is 10.5. The maximum absolute atomic E-state index is 11.6. The van der Waals surface area contributed by atoms with Crippen LogP contribution in [0.3, 0.4) is 0 Å². The highest BCUT2D eigenvalue weighted by molar-refractivity contribution is 5.86. The molecule has 0 fully saturated rings. The van der Waals surface area contributed by atoms with E-state index in [0.29, 0.717) is 0 Å². The summed E-state index contributed by atoms with van der Waals surface area (Å²) in [6, 6.07) is 9.19. The number of carbonyl (C=O) groups excluding carboxylic acids is 2. The van der Waals surface area contributed by atoms with Crippen LogP contribution in [0.15, 0.2) is 30.3 Å². The van der Waals surface area contributed by atoms with E-state index in [1.54, 1.807) is 0 Å². The Bertz CT molecular complexity index is 410. The first-order chi connectivity index (χ1) is 9.17. The predicted molar refractivity (Wildman–Crippen MR) is 64.7 cm³/mol. The van der Waals surface area contributed by atoms with Crippen LogP contribution in [0.1, 0.15) is 12.0 Å². The third-order valence-electron chi connectivity index (χ3n) is 2.28. The van der Waals surface area contributed by atoms with Crippen molar-refractivity contribution in [1.29, 1.82) is 0 Å². The fourth-order valence-electron chi connectivity index (χ4n) is 1.38. The van der Waals surface area contributed by atoms with Crippen LogP contribution in [0.4, 0.5) is 0 Å². The Morgan fingerprint density at radius 2 is 2.00 bits per heavy atom. The van der Waals surface area contributed by atoms with Gasteiger partial charge in [-0.15, -0.1) is 0 Å².